The van der Waals surface area contributed by atoms with Gasteiger partial charge in [-0.1, -0.05) is 45.0 Å². The summed E-state index contributed by atoms with van der Waals surface area (Å²) in [5, 5.41) is 12.4. The number of hydrogen-bond donors (Lipinski definition) is 0. The number of rotatable bonds is 3. The van der Waals surface area contributed by atoms with Gasteiger partial charge in [0.15, 0.2) is 5.65 Å². The van der Waals surface area contributed by atoms with E-state index in [0.717, 1.165) is 30.1 Å². The summed E-state index contributed by atoms with van der Waals surface area (Å²) >= 11 is 0. The zero-order valence-corrected chi connectivity index (χ0v) is 16.7. The van der Waals surface area contributed by atoms with Gasteiger partial charge in [0.05, 0.1) is 6.42 Å². The fourth-order valence-electron chi connectivity index (χ4n) is 3.51. The number of carbonyl (C=O) groups excluding carboxylic acids is 1. The van der Waals surface area contributed by atoms with Gasteiger partial charge in [-0.25, -0.2) is 0 Å². The number of nitrogens with zero attached hydrogens (tertiary/aromatic N) is 6. The molecule has 1 aliphatic heterocycles. The molecule has 0 aliphatic carbocycles. The Labute approximate surface area is 165 Å². The highest BCUT2D eigenvalue weighted by molar-refractivity contribution is 5.79. The highest BCUT2D eigenvalue weighted by Crippen LogP contribution is 2.23. The van der Waals surface area contributed by atoms with Crippen molar-refractivity contribution in [1.82, 2.24) is 24.7 Å². The lowest BCUT2D eigenvalue weighted by Gasteiger charge is -2.35. The van der Waals surface area contributed by atoms with Gasteiger partial charge in [-0.2, -0.15) is 4.52 Å². The van der Waals surface area contributed by atoms with E-state index in [0.29, 0.717) is 19.5 Å². The molecule has 0 bridgehead atoms. The van der Waals surface area contributed by atoms with Crippen molar-refractivity contribution < 1.29 is 4.79 Å². The number of fused-ring (bicyclic) bond motifs is 1. The third-order valence-corrected chi connectivity index (χ3v) is 5.25. The van der Waals surface area contributed by atoms with Gasteiger partial charge in [-0.15, -0.1) is 15.3 Å². The fraction of sp³-hybridized carbons (Fsp3) is 0.429. The molecule has 2 aromatic heterocycles. The van der Waals surface area contributed by atoms with Crippen molar-refractivity contribution in [3.8, 4) is 0 Å². The van der Waals surface area contributed by atoms with Crippen LogP contribution in [0.2, 0.25) is 0 Å². The fourth-order valence-corrected chi connectivity index (χ4v) is 3.51. The van der Waals surface area contributed by atoms with Gasteiger partial charge < -0.3 is 9.80 Å². The molecular weight excluding hydrogens is 352 g/mol. The Balaban J connectivity index is 1.37. The molecule has 7 nitrogen and oxygen atoms in total. The summed E-state index contributed by atoms with van der Waals surface area (Å²) in [7, 11) is 0. The van der Waals surface area contributed by atoms with Crippen LogP contribution in [0, 0.1) is 0 Å². The van der Waals surface area contributed by atoms with Gasteiger partial charge in [0.25, 0.3) is 0 Å². The number of piperazine rings is 1. The highest BCUT2D eigenvalue weighted by atomic mass is 16.2. The number of carbonyl (C=O) groups is 1. The first-order chi connectivity index (χ1) is 13.4. The summed E-state index contributed by atoms with van der Waals surface area (Å²) in [5.41, 5.74) is 3.16. The van der Waals surface area contributed by atoms with E-state index in [1.165, 1.54) is 5.56 Å². The largest absolute Gasteiger partial charge is 0.352 e. The lowest BCUT2D eigenvalue weighted by atomic mass is 9.86. The van der Waals surface area contributed by atoms with E-state index in [2.05, 4.69) is 53.1 Å². The van der Waals surface area contributed by atoms with E-state index < -0.39 is 0 Å². The molecule has 146 valence electrons. The standard InChI is InChI=1S/C21H26N6O/c1-21(2,3)17-6-4-5-16(13-17)14-20(28)26-11-9-25(10-12-26)19-8-7-18-23-22-15-27(18)24-19/h4-8,13,15H,9-12,14H2,1-3H3. The predicted octanol–water partition coefficient (Wildman–Crippen LogP) is 2.31. The molecule has 7 heteroatoms. The second-order valence-electron chi connectivity index (χ2n) is 8.32. The Morgan fingerprint density at radius 2 is 1.86 bits per heavy atom. The molecule has 1 amide bonds. The lowest BCUT2D eigenvalue weighted by molar-refractivity contribution is -0.130. The summed E-state index contributed by atoms with van der Waals surface area (Å²) in [6.45, 7) is 9.54. The monoisotopic (exact) mass is 378 g/mol. The van der Waals surface area contributed by atoms with E-state index in [4.69, 9.17) is 0 Å². The third kappa shape index (κ3) is 3.83. The maximum Gasteiger partial charge on any atom is 0.227 e. The quantitative estimate of drug-likeness (QED) is 0.700. The molecule has 0 spiro atoms. The van der Waals surface area contributed by atoms with E-state index >= 15 is 0 Å². The number of amides is 1. The highest BCUT2D eigenvalue weighted by Gasteiger charge is 2.23. The minimum atomic E-state index is 0.0868. The third-order valence-electron chi connectivity index (χ3n) is 5.25. The van der Waals surface area contributed by atoms with Gasteiger partial charge in [-0.05, 0) is 28.7 Å². The summed E-state index contributed by atoms with van der Waals surface area (Å²) in [6, 6.07) is 12.3. The lowest BCUT2D eigenvalue weighted by Crippen LogP contribution is -2.49. The number of benzene rings is 1. The smallest absolute Gasteiger partial charge is 0.227 e. The molecule has 1 saturated heterocycles. The summed E-state index contributed by atoms with van der Waals surface area (Å²) in [5.74, 6) is 1.07. The van der Waals surface area contributed by atoms with Gasteiger partial charge in [0.1, 0.15) is 12.1 Å². The maximum absolute atomic E-state index is 12.8. The molecule has 3 aromatic rings. The van der Waals surface area contributed by atoms with Crippen LogP contribution in [0.25, 0.3) is 5.65 Å². The van der Waals surface area contributed by atoms with Crippen molar-refractivity contribution in [2.24, 2.45) is 0 Å². The Kier molecular flexibility index (Phi) is 4.75. The van der Waals surface area contributed by atoms with Crippen LogP contribution in [0.3, 0.4) is 0 Å². The van der Waals surface area contributed by atoms with Crippen LogP contribution in [0.15, 0.2) is 42.7 Å². The Bertz CT molecular complexity index is 982. The van der Waals surface area contributed by atoms with Gasteiger partial charge >= 0.3 is 0 Å². The van der Waals surface area contributed by atoms with Gasteiger partial charge in [0, 0.05) is 26.2 Å². The molecule has 0 unspecified atom stereocenters. The number of anilines is 1. The van der Waals surface area contributed by atoms with Crippen molar-refractivity contribution in [3.05, 3.63) is 53.9 Å². The molecular formula is C21H26N6O. The first-order valence-electron chi connectivity index (χ1n) is 9.69. The van der Waals surface area contributed by atoms with E-state index in [-0.39, 0.29) is 11.3 Å². The zero-order valence-electron chi connectivity index (χ0n) is 16.7. The van der Waals surface area contributed by atoms with Crippen LogP contribution in [0.1, 0.15) is 31.9 Å². The molecule has 0 N–H and O–H groups in total. The first-order valence-corrected chi connectivity index (χ1v) is 9.69. The molecule has 1 aliphatic rings. The Hall–Kier alpha value is -2.96. The average Bonchev–Trinajstić information content (AvgIpc) is 3.15. The van der Waals surface area contributed by atoms with Crippen LogP contribution in [0.5, 0.6) is 0 Å². The zero-order chi connectivity index (χ0) is 19.7. The number of hydrogen-bond acceptors (Lipinski definition) is 5. The summed E-state index contributed by atoms with van der Waals surface area (Å²) < 4.78 is 1.68. The van der Waals surface area contributed by atoms with Crippen molar-refractivity contribution in [2.75, 3.05) is 31.1 Å². The van der Waals surface area contributed by atoms with Gasteiger partial charge in [-0.3, -0.25) is 4.79 Å². The molecule has 1 fully saturated rings. The number of aromatic nitrogens is 4. The maximum atomic E-state index is 12.8. The molecule has 4 rings (SSSR count). The van der Waals surface area contributed by atoms with Crippen LogP contribution < -0.4 is 4.90 Å². The molecule has 0 radical (unpaired) electrons. The first kappa shape index (κ1) is 18.4. The van der Waals surface area contributed by atoms with Crippen molar-refractivity contribution in [2.45, 2.75) is 32.6 Å². The van der Waals surface area contributed by atoms with Crippen molar-refractivity contribution in [3.63, 3.8) is 0 Å². The SMILES string of the molecule is CC(C)(C)c1cccc(CC(=O)N2CCN(c3ccc4nncn4n3)CC2)c1. The van der Waals surface area contributed by atoms with Crippen LogP contribution >= 0.6 is 0 Å². The molecule has 28 heavy (non-hydrogen) atoms. The second-order valence-corrected chi connectivity index (χ2v) is 8.32. The molecule has 1 aromatic carbocycles. The normalized spacial score (nSPS) is 15.2. The summed E-state index contributed by atoms with van der Waals surface area (Å²) in [4.78, 5) is 16.9. The molecule has 0 atom stereocenters. The predicted molar refractivity (Wildman–Crippen MR) is 108 cm³/mol. The molecule has 3 heterocycles. The molecule has 0 saturated carbocycles. The second kappa shape index (κ2) is 7.22. The minimum absolute atomic E-state index is 0.0868. The van der Waals surface area contributed by atoms with Crippen molar-refractivity contribution >= 4 is 17.4 Å². The average molecular weight is 378 g/mol. The van der Waals surface area contributed by atoms with Crippen LogP contribution in [-0.2, 0) is 16.6 Å². The Morgan fingerprint density at radius 1 is 1.07 bits per heavy atom. The van der Waals surface area contributed by atoms with E-state index in [1.54, 1.807) is 10.8 Å². The van der Waals surface area contributed by atoms with E-state index in [1.807, 2.05) is 29.2 Å². The minimum Gasteiger partial charge on any atom is -0.352 e. The van der Waals surface area contributed by atoms with Crippen LogP contribution in [0.4, 0.5) is 5.82 Å². The topological polar surface area (TPSA) is 66.6 Å². The summed E-state index contributed by atoms with van der Waals surface area (Å²) in [6.07, 6.45) is 2.05. The van der Waals surface area contributed by atoms with Crippen LogP contribution in [-0.4, -0.2) is 56.8 Å². The van der Waals surface area contributed by atoms with Gasteiger partial charge in [0.2, 0.25) is 5.91 Å². The van der Waals surface area contributed by atoms with E-state index in [9.17, 15) is 4.79 Å². The van der Waals surface area contributed by atoms with Crippen molar-refractivity contribution in [1.29, 1.82) is 0 Å². The Morgan fingerprint density at radius 3 is 2.61 bits per heavy atom.